The minimum absolute atomic E-state index is 0.0526. The number of carbonyl (C=O) groups excluding carboxylic acids is 1. The fourth-order valence-electron chi connectivity index (χ4n) is 4.91. The maximum Gasteiger partial charge on any atom is 0.251 e. The van der Waals surface area contributed by atoms with Crippen LogP contribution in [0.4, 0.5) is 10.2 Å². The Labute approximate surface area is 235 Å². The number of halogens is 2. The number of benzene rings is 1. The highest BCUT2D eigenvalue weighted by Crippen LogP contribution is 2.38. The van der Waals surface area contributed by atoms with Crippen molar-refractivity contribution in [3.63, 3.8) is 0 Å². The van der Waals surface area contributed by atoms with Gasteiger partial charge in [-0.25, -0.2) is 22.8 Å². The first-order valence-corrected chi connectivity index (χ1v) is 15.1. The topological polar surface area (TPSA) is 117 Å². The van der Waals surface area contributed by atoms with E-state index in [-0.39, 0.29) is 33.4 Å². The van der Waals surface area contributed by atoms with Crippen LogP contribution in [0.15, 0.2) is 59.6 Å². The predicted molar refractivity (Wildman–Crippen MR) is 151 cm³/mol. The summed E-state index contributed by atoms with van der Waals surface area (Å²) in [4.78, 5) is 28.6. The van der Waals surface area contributed by atoms with E-state index < -0.39 is 15.7 Å². The number of pyridine rings is 3. The van der Waals surface area contributed by atoms with Crippen LogP contribution in [-0.2, 0) is 16.4 Å². The molecule has 1 spiro atoms. The number of hydrogen-bond acceptors (Lipinski definition) is 8. The van der Waals surface area contributed by atoms with Crippen LogP contribution in [0.2, 0.25) is 5.02 Å². The normalized spacial score (nSPS) is 16.3. The van der Waals surface area contributed by atoms with E-state index in [0.29, 0.717) is 28.4 Å². The minimum Gasteiger partial charge on any atom is -0.353 e. The molecule has 206 valence electrons. The number of amides is 1. The Morgan fingerprint density at radius 2 is 1.95 bits per heavy atom. The van der Waals surface area contributed by atoms with Gasteiger partial charge in [-0.3, -0.25) is 9.78 Å². The molecule has 0 atom stereocenters. The van der Waals surface area contributed by atoms with Crippen molar-refractivity contribution >= 4 is 44.1 Å². The van der Waals surface area contributed by atoms with Crippen molar-refractivity contribution in [1.82, 2.24) is 25.6 Å². The van der Waals surface area contributed by atoms with Gasteiger partial charge in [0.15, 0.2) is 9.84 Å². The zero-order chi connectivity index (χ0) is 28.1. The Balaban J connectivity index is 1.22. The number of rotatable bonds is 6. The summed E-state index contributed by atoms with van der Waals surface area (Å²) in [6, 6.07) is 12.3. The number of hydrogen-bond donors (Lipinski definition) is 2. The molecule has 0 bridgehead atoms. The van der Waals surface area contributed by atoms with Crippen molar-refractivity contribution < 1.29 is 17.6 Å². The van der Waals surface area contributed by atoms with Crippen LogP contribution < -0.4 is 15.5 Å². The first kappa shape index (κ1) is 26.5. The molecule has 1 aliphatic heterocycles. The Hall–Kier alpha value is -3.67. The first-order chi connectivity index (χ1) is 19.1. The van der Waals surface area contributed by atoms with E-state index >= 15 is 0 Å². The number of sulfone groups is 1. The molecule has 3 aromatic heterocycles. The summed E-state index contributed by atoms with van der Waals surface area (Å²) >= 11 is 5.98. The summed E-state index contributed by atoms with van der Waals surface area (Å²) in [7, 11) is -3.59. The lowest BCUT2D eigenvalue weighted by molar-refractivity contribution is 0.0950. The molecule has 40 heavy (non-hydrogen) atoms. The SMILES string of the molecule is CS(=O)(=O)c1cc(C(=O)NCc2cc3nc(-c4cc(F)cc(N5CCNC6(CC6)C5)n4)ccc3cn2)ccc1Cl. The molecule has 2 aliphatic rings. The standard InChI is InChI=1S/C28H26ClFN6O3S/c1-40(38,39)25-10-17(2-4-21(25)29)27(37)32-15-20-13-23-18(14-31-20)3-5-22(34-23)24-11-19(30)12-26(35-24)36-9-8-33-28(16-36)6-7-28/h2-5,10-14,33H,6-9,15-16H2,1H3,(H,32,37). The average Bonchev–Trinajstić information content (AvgIpc) is 3.68. The van der Waals surface area contributed by atoms with Crippen molar-refractivity contribution in [2.24, 2.45) is 0 Å². The van der Waals surface area contributed by atoms with Crippen LogP contribution >= 0.6 is 11.6 Å². The minimum atomic E-state index is -3.59. The summed E-state index contributed by atoms with van der Waals surface area (Å²) in [5.74, 6) is -0.240. The van der Waals surface area contributed by atoms with Gasteiger partial charge in [0.05, 0.1) is 39.1 Å². The number of nitrogens with zero attached hydrogens (tertiary/aromatic N) is 4. The highest BCUT2D eigenvalue weighted by Gasteiger charge is 2.45. The molecule has 4 aromatic rings. The highest BCUT2D eigenvalue weighted by molar-refractivity contribution is 7.90. The highest BCUT2D eigenvalue weighted by atomic mass is 35.5. The average molecular weight is 581 g/mol. The number of fused-ring (bicyclic) bond motifs is 1. The molecule has 1 saturated carbocycles. The van der Waals surface area contributed by atoms with E-state index in [2.05, 4.69) is 20.5 Å². The maximum atomic E-state index is 14.7. The maximum absolute atomic E-state index is 14.7. The second-order valence-corrected chi connectivity index (χ2v) is 12.7. The Bertz CT molecular complexity index is 1760. The molecule has 0 radical (unpaired) electrons. The van der Waals surface area contributed by atoms with Gasteiger partial charge in [-0.05, 0) is 49.2 Å². The molecular formula is C28H26ClFN6O3S. The van der Waals surface area contributed by atoms with Gasteiger partial charge in [-0.1, -0.05) is 11.6 Å². The zero-order valence-electron chi connectivity index (χ0n) is 21.6. The molecule has 1 saturated heterocycles. The molecule has 4 heterocycles. The number of piperazine rings is 1. The van der Waals surface area contributed by atoms with Gasteiger partial charge in [0.1, 0.15) is 11.6 Å². The van der Waals surface area contributed by atoms with Gasteiger partial charge >= 0.3 is 0 Å². The molecule has 0 unspecified atom stereocenters. The summed E-state index contributed by atoms with van der Waals surface area (Å²) in [6.07, 6.45) is 4.93. The number of nitrogens with one attached hydrogen (secondary N) is 2. The Morgan fingerprint density at radius 3 is 2.73 bits per heavy atom. The van der Waals surface area contributed by atoms with Crippen molar-refractivity contribution in [3.05, 3.63) is 76.8 Å². The van der Waals surface area contributed by atoms with E-state index in [0.717, 1.165) is 44.1 Å². The smallest absolute Gasteiger partial charge is 0.251 e. The van der Waals surface area contributed by atoms with Crippen LogP contribution in [0.3, 0.4) is 0 Å². The largest absolute Gasteiger partial charge is 0.353 e. The summed E-state index contributed by atoms with van der Waals surface area (Å²) in [6.45, 7) is 2.49. The number of carbonyl (C=O) groups is 1. The van der Waals surface area contributed by atoms with Crippen LogP contribution in [0.5, 0.6) is 0 Å². The van der Waals surface area contributed by atoms with Crippen molar-refractivity contribution in [3.8, 4) is 11.4 Å². The lowest BCUT2D eigenvalue weighted by atomic mass is 10.1. The molecule has 9 nitrogen and oxygen atoms in total. The zero-order valence-corrected chi connectivity index (χ0v) is 23.2. The van der Waals surface area contributed by atoms with E-state index in [1.54, 1.807) is 18.3 Å². The first-order valence-electron chi connectivity index (χ1n) is 12.8. The third-order valence-electron chi connectivity index (χ3n) is 7.24. The van der Waals surface area contributed by atoms with Crippen molar-refractivity contribution in [2.75, 3.05) is 30.8 Å². The molecule has 2 N–H and O–H groups in total. The van der Waals surface area contributed by atoms with Crippen LogP contribution in [0.25, 0.3) is 22.3 Å². The second-order valence-electron chi connectivity index (χ2n) is 10.3. The molecule has 2 fully saturated rings. The van der Waals surface area contributed by atoms with E-state index in [4.69, 9.17) is 21.6 Å². The van der Waals surface area contributed by atoms with Crippen molar-refractivity contribution in [2.45, 2.75) is 29.8 Å². The van der Waals surface area contributed by atoms with Crippen LogP contribution in [-0.4, -0.2) is 60.7 Å². The van der Waals surface area contributed by atoms with Gasteiger partial charge in [0.25, 0.3) is 5.91 Å². The van der Waals surface area contributed by atoms with Gasteiger partial charge in [-0.15, -0.1) is 0 Å². The summed E-state index contributed by atoms with van der Waals surface area (Å²) in [5.41, 5.74) is 2.43. The molecule has 12 heteroatoms. The Morgan fingerprint density at radius 1 is 1.12 bits per heavy atom. The predicted octanol–water partition coefficient (Wildman–Crippen LogP) is 3.76. The quantitative estimate of drug-likeness (QED) is 0.354. The second kappa shape index (κ2) is 10.1. The molecule has 1 amide bonds. The summed E-state index contributed by atoms with van der Waals surface area (Å²) < 4.78 is 38.6. The van der Waals surface area contributed by atoms with Gasteiger partial charge in [0, 0.05) is 60.7 Å². The molecule has 1 aromatic carbocycles. The van der Waals surface area contributed by atoms with Gasteiger partial charge in [0.2, 0.25) is 0 Å². The summed E-state index contributed by atoms with van der Waals surface area (Å²) in [5, 5.41) is 7.14. The number of anilines is 1. The van der Waals surface area contributed by atoms with Gasteiger partial charge in [-0.2, -0.15) is 0 Å². The van der Waals surface area contributed by atoms with Crippen molar-refractivity contribution in [1.29, 1.82) is 0 Å². The molecule has 6 rings (SSSR count). The van der Waals surface area contributed by atoms with Crippen LogP contribution in [0.1, 0.15) is 28.9 Å². The van der Waals surface area contributed by atoms with E-state index in [1.807, 2.05) is 6.07 Å². The van der Waals surface area contributed by atoms with E-state index in [1.165, 1.54) is 30.3 Å². The third kappa shape index (κ3) is 5.49. The van der Waals surface area contributed by atoms with Crippen LogP contribution in [0, 0.1) is 5.82 Å². The fourth-order valence-corrected chi connectivity index (χ4v) is 6.21. The number of aromatic nitrogens is 3. The molecule has 1 aliphatic carbocycles. The third-order valence-corrected chi connectivity index (χ3v) is 8.82. The lowest BCUT2D eigenvalue weighted by Gasteiger charge is -2.35. The van der Waals surface area contributed by atoms with E-state index in [9.17, 15) is 17.6 Å². The monoisotopic (exact) mass is 580 g/mol. The Kier molecular flexibility index (Phi) is 6.68. The van der Waals surface area contributed by atoms with Gasteiger partial charge < -0.3 is 15.5 Å². The lowest BCUT2D eigenvalue weighted by Crippen LogP contribution is -2.52. The molecular weight excluding hydrogens is 555 g/mol. The fraction of sp³-hybridized carbons (Fsp3) is 0.286.